The number of nitrogens with zero attached hydrogens (tertiary/aromatic N) is 3. The maximum absolute atomic E-state index is 15.1. The monoisotopic (exact) mass is 325 g/mol. The predicted molar refractivity (Wildman–Crippen MR) is 89.2 cm³/mol. The Balaban J connectivity index is 2.31. The standard InChI is InChI=1S/C18H16FN3O2/c1-11-13(10-20)16-17(24-18(21-16)22(2)8-9-23)15(19)14(11)12-6-4-3-5-7-12/h3-7,23H,8-9H2,1-2H3. The average Bonchev–Trinajstić information content (AvgIpc) is 3.02. The molecule has 0 atom stereocenters. The molecule has 122 valence electrons. The number of aliphatic hydroxyl groups excluding tert-OH is 1. The van der Waals surface area contributed by atoms with Crippen molar-refractivity contribution in [2.24, 2.45) is 0 Å². The molecule has 0 saturated carbocycles. The van der Waals surface area contributed by atoms with Crippen LogP contribution in [0, 0.1) is 24.1 Å². The number of likely N-dealkylation sites (N-methyl/N-ethyl adjacent to an activating group) is 1. The second kappa shape index (κ2) is 6.30. The van der Waals surface area contributed by atoms with Gasteiger partial charge in [-0.15, -0.1) is 0 Å². The Morgan fingerprint density at radius 3 is 2.67 bits per heavy atom. The number of benzene rings is 2. The van der Waals surface area contributed by atoms with Gasteiger partial charge in [-0.1, -0.05) is 30.3 Å². The number of aliphatic hydroxyl groups is 1. The summed E-state index contributed by atoms with van der Waals surface area (Å²) in [7, 11) is 1.68. The molecule has 3 aromatic rings. The van der Waals surface area contributed by atoms with Crippen LogP contribution in [0.1, 0.15) is 11.1 Å². The van der Waals surface area contributed by atoms with Gasteiger partial charge in [-0.3, -0.25) is 0 Å². The van der Waals surface area contributed by atoms with Crippen LogP contribution in [-0.4, -0.2) is 30.3 Å². The van der Waals surface area contributed by atoms with Crippen molar-refractivity contribution in [1.82, 2.24) is 4.98 Å². The molecule has 0 fully saturated rings. The van der Waals surface area contributed by atoms with Gasteiger partial charge >= 0.3 is 0 Å². The fraction of sp³-hybridized carbons (Fsp3) is 0.222. The zero-order valence-corrected chi connectivity index (χ0v) is 13.4. The maximum atomic E-state index is 15.1. The Morgan fingerprint density at radius 2 is 2.04 bits per heavy atom. The van der Waals surface area contributed by atoms with E-state index in [1.807, 2.05) is 18.2 Å². The van der Waals surface area contributed by atoms with Crippen LogP contribution >= 0.6 is 0 Å². The van der Waals surface area contributed by atoms with E-state index in [0.717, 1.165) is 0 Å². The van der Waals surface area contributed by atoms with Crippen molar-refractivity contribution in [2.45, 2.75) is 6.92 Å². The van der Waals surface area contributed by atoms with Gasteiger partial charge in [0.1, 0.15) is 11.6 Å². The van der Waals surface area contributed by atoms with Crippen molar-refractivity contribution in [2.75, 3.05) is 25.1 Å². The molecule has 0 saturated heterocycles. The van der Waals surface area contributed by atoms with E-state index in [1.54, 1.807) is 31.0 Å². The lowest BCUT2D eigenvalue weighted by molar-refractivity contribution is 0.301. The highest BCUT2D eigenvalue weighted by molar-refractivity contribution is 5.90. The minimum atomic E-state index is -0.538. The number of anilines is 1. The molecule has 1 aromatic heterocycles. The minimum Gasteiger partial charge on any atom is -0.420 e. The summed E-state index contributed by atoms with van der Waals surface area (Å²) < 4.78 is 20.6. The molecule has 0 bridgehead atoms. The van der Waals surface area contributed by atoms with Crippen molar-refractivity contribution in [1.29, 1.82) is 5.26 Å². The van der Waals surface area contributed by atoms with E-state index in [4.69, 9.17) is 9.52 Å². The van der Waals surface area contributed by atoms with Crippen LogP contribution in [0.2, 0.25) is 0 Å². The lowest BCUT2D eigenvalue weighted by atomic mass is 9.95. The van der Waals surface area contributed by atoms with Crippen LogP contribution in [-0.2, 0) is 0 Å². The summed E-state index contributed by atoms with van der Waals surface area (Å²) in [6, 6.07) is 11.3. The molecule has 0 aliphatic rings. The predicted octanol–water partition coefficient (Wildman–Crippen LogP) is 3.24. The van der Waals surface area contributed by atoms with Gasteiger partial charge in [0.25, 0.3) is 6.01 Å². The first kappa shape index (κ1) is 16.0. The second-order valence-electron chi connectivity index (χ2n) is 5.49. The van der Waals surface area contributed by atoms with Crippen molar-refractivity contribution in [3.8, 4) is 17.2 Å². The minimum absolute atomic E-state index is 0.0456. The number of fused-ring (bicyclic) bond motifs is 1. The maximum Gasteiger partial charge on any atom is 0.298 e. The largest absolute Gasteiger partial charge is 0.420 e. The highest BCUT2D eigenvalue weighted by Gasteiger charge is 2.24. The molecule has 2 aromatic carbocycles. The molecule has 24 heavy (non-hydrogen) atoms. The molecule has 0 amide bonds. The summed E-state index contributed by atoms with van der Waals surface area (Å²) in [5.41, 5.74) is 1.98. The number of nitriles is 1. The van der Waals surface area contributed by atoms with E-state index in [-0.39, 0.29) is 29.3 Å². The fourth-order valence-corrected chi connectivity index (χ4v) is 2.70. The highest BCUT2D eigenvalue weighted by atomic mass is 19.1. The first-order valence-corrected chi connectivity index (χ1v) is 7.48. The van der Waals surface area contributed by atoms with Crippen molar-refractivity contribution >= 4 is 17.1 Å². The van der Waals surface area contributed by atoms with Gasteiger partial charge in [0.15, 0.2) is 11.4 Å². The van der Waals surface area contributed by atoms with Crippen molar-refractivity contribution < 1.29 is 13.9 Å². The van der Waals surface area contributed by atoms with E-state index >= 15 is 4.39 Å². The van der Waals surface area contributed by atoms with Gasteiger partial charge in [0.2, 0.25) is 0 Å². The fourth-order valence-electron chi connectivity index (χ4n) is 2.70. The van der Waals surface area contributed by atoms with Gasteiger partial charge in [0.05, 0.1) is 12.2 Å². The SMILES string of the molecule is Cc1c(-c2ccccc2)c(F)c2oc(N(C)CCO)nc2c1C#N. The molecule has 3 rings (SSSR count). The zero-order chi connectivity index (χ0) is 17.3. The third-order valence-electron chi connectivity index (χ3n) is 3.96. The Bertz CT molecular complexity index is 929. The molecule has 0 aliphatic heterocycles. The number of oxazole rings is 1. The van der Waals surface area contributed by atoms with E-state index in [1.165, 1.54) is 0 Å². The van der Waals surface area contributed by atoms with Gasteiger partial charge in [-0.25, -0.2) is 4.39 Å². The van der Waals surface area contributed by atoms with E-state index < -0.39 is 5.82 Å². The van der Waals surface area contributed by atoms with E-state index in [0.29, 0.717) is 23.2 Å². The normalized spacial score (nSPS) is 10.8. The Labute approximate surface area is 138 Å². The smallest absolute Gasteiger partial charge is 0.298 e. The highest BCUT2D eigenvalue weighted by Crippen LogP contribution is 2.36. The first-order valence-electron chi connectivity index (χ1n) is 7.48. The number of hydrogen-bond donors (Lipinski definition) is 1. The van der Waals surface area contributed by atoms with Crippen LogP contribution in [0.15, 0.2) is 34.7 Å². The molecular formula is C18H16FN3O2. The molecule has 0 spiro atoms. The molecule has 1 heterocycles. The van der Waals surface area contributed by atoms with Crippen LogP contribution in [0.3, 0.4) is 0 Å². The van der Waals surface area contributed by atoms with Crippen LogP contribution < -0.4 is 4.90 Å². The Hall–Kier alpha value is -2.91. The summed E-state index contributed by atoms with van der Waals surface area (Å²) in [5.74, 6) is -0.538. The Morgan fingerprint density at radius 1 is 1.33 bits per heavy atom. The third kappa shape index (κ3) is 2.49. The topological polar surface area (TPSA) is 73.3 Å². The van der Waals surface area contributed by atoms with Gasteiger partial charge in [-0.05, 0) is 18.1 Å². The molecular weight excluding hydrogens is 309 g/mol. The molecule has 6 heteroatoms. The summed E-state index contributed by atoms with van der Waals surface area (Å²) in [4.78, 5) is 5.81. The average molecular weight is 325 g/mol. The molecule has 5 nitrogen and oxygen atoms in total. The summed E-state index contributed by atoms with van der Waals surface area (Å²) in [6.07, 6.45) is 0. The number of rotatable bonds is 4. The Kier molecular flexibility index (Phi) is 4.19. The number of halogens is 1. The second-order valence-corrected chi connectivity index (χ2v) is 5.49. The summed E-state index contributed by atoms with van der Waals surface area (Å²) in [5, 5.41) is 18.5. The molecule has 0 unspecified atom stereocenters. The van der Waals surface area contributed by atoms with Crippen molar-refractivity contribution in [3.05, 3.63) is 47.3 Å². The zero-order valence-electron chi connectivity index (χ0n) is 13.4. The molecule has 0 radical (unpaired) electrons. The summed E-state index contributed by atoms with van der Waals surface area (Å²) >= 11 is 0. The lowest BCUT2D eigenvalue weighted by Gasteiger charge is -2.11. The first-order chi connectivity index (χ1) is 11.6. The van der Waals surface area contributed by atoms with Crippen LogP contribution in [0.4, 0.5) is 10.4 Å². The number of hydrogen-bond acceptors (Lipinski definition) is 5. The lowest BCUT2D eigenvalue weighted by Crippen LogP contribution is -2.21. The quantitative estimate of drug-likeness (QED) is 0.797. The van der Waals surface area contributed by atoms with Crippen LogP contribution in [0.5, 0.6) is 0 Å². The van der Waals surface area contributed by atoms with E-state index in [2.05, 4.69) is 11.1 Å². The third-order valence-corrected chi connectivity index (χ3v) is 3.96. The van der Waals surface area contributed by atoms with Gasteiger partial charge in [-0.2, -0.15) is 10.2 Å². The molecule has 1 N–H and O–H groups in total. The number of aromatic nitrogens is 1. The van der Waals surface area contributed by atoms with Gasteiger partial charge in [0, 0.05) is 19.2 Å². The van der Waals surface area contributed by atoms with E-state index in [9.17, 15) is 5.26 Å². The van der Waals surface area contributed by atoms with Gasteiger partial charge < -0.3 is 14.4 Å². The molecule has 0 aliphatic carbocycles. The van der Waals surface area contributed by atoms with Crippen LogP contribution in [0.25, 0.3) is 22.2 Å². The van der Waals surface area contributed by atoms with Crippen molar-refractivity contribution in [3.63, 3.8) is 0 Å². The summed E-state index contributed by atoms with van der Waals surface area (Å²) in [6.45, 7) is 1.91.